The number of benzene rings is 1. The van der Waals surface area contributed by atoms with Gasteiger partial charge in [-0.2, -0.15) is 5.26 Å². The molecule has 3 heterocycles. The van der Waals surface area contributed by atoms with Gasteiger partial charge < -0.3 is 14.5 Å². The van der Waals surface area contributed by atoms with Gasteiger partial charge in [0.2, 0.25) is 0 Å². The lowest BCUT2D eigenvalue weighted by molar-refractivity contribution is 0.627. The highest BCUT2D eigenvalue weighted by Crippen LogP contribution is 2.34. The summed E-state index contributed by atoms with van der Waals surface area (Å²) in [5.74, 6) is 0.221. The van der Waals surface area contributed by atoms with E-state index in [9.17, 15) is 9.65 Å². The number of hydrogen-bond donors (Lipinski definition) is 1. The van der Waals surface area contributed by atoms with Crippen LogP contribution in [0.2, 0.25) is 0 Å². The molecule has 1 aromatic carbocycles. The molecular weight excluding hydrogens is 343 g/mol. The fraction of sp³-hybridized carbons (Fsp3) is 0.150. The molecule has 0 spiro atoms. The summed E-state index contributed by atoms with van der Waals surface area (Å²) in [6.07, 6.45) is 3.51. The Hall–Kier alpha value is -3.66. The molecule has 7 heteroatoms. The molecule has 1 N–H and O–H groups in total. The molecule has 0 saturated heterocycles. The molecule has 0 radical (unpaired) electrons. The number of halogens is 1. The summed E-state index contributed by atoms with van der Waals surface area (Å²) in [7, 11) is 3.73. The molecule has 134 valence electrons. The van der Waals surface area contributed by atoms with Gasteiger partial charge >= 0.3 is 0 Å². The minimum atomic E-state index is -0.450. The lowest BCUT2D eigenvalue weighted by Crippen LogP contribution is -2.02. The van der Waals surface area contributed by atoms with E-state index in [1.165, 1.54) is 12.1 Å². The summed E-state index contributed by atoms with van der Waals surface area (Å²) in [5, 5.41) is 13.2. The number of nitriles is 1. The molecule has 3 aromatic heterocycles. The van der Waals surface area contributed by atoms with Crippen molar-refractivity contribution < 1.29 is 4.39 Å². The highest BCUT2D eigenvalue weighted by Gasteiger charge is 2.19. The van der Waals surface area contributed by atoms with E-state index < -0.39 is 5.82 Å². The topological polar surface area (TPSA) is 71.5 Å². The second kappa shape index (κ2) is 6.25. The van der Waals surface area contributed by atoms with Gasteiger partial charge in [0.05, 0.1) is 29.2 Å². The van der Waals surface area contributed by atoms with Crippen LogP contribution >= 0.6 is 0 Å². The van der Waals surface area contributed by atoms with Crippen LogP contribution in [0.25, 0.3) is 33.3 Å². The van der Waals surface area contributed by atoms with Crippen molar-refractivity contribution in [2.24, 2.45) is 7.05 Å². The fourth-order valence-electron chi connectivity index (χ4n) is 3.44. The first kappa shape index (κ1) is 16.8. The van der Waals surface area contributed by atoms with Crippen LogP contribution in [0.3, 0.4) is 0 Å². The molecule has 4 aromatic rings. The molecule has 4 rings (SSSR count). The van der Waals surface area contributed by atoms with Crippen molar-refractivity contribution in [2.45, 2.75) is 6.54 Å². The maximum atomic E-state index is 14.0. The minimum absolute atomic E-state index is 0.273. The highest BCUT2D eigenvalue weighted by molar-refractivity contribution is 6.07. The number of aromatic nitrogens is 4. The van der Waals surface area contributed by atoms with Gasteiger partial charge in [0.25, 0.3) is 0 Å². The highest BCUT2D eigenvalue weighted by atomic mass is 19.1. The van der Waals surface area contributed by atoms with Gasteiger partial charge in [0.1, 0.15) is 17.0 Å². The lowest BCUT2D eigenvalue weighted by Gasteiger charge is -2.09. The number of fused-ring (bicyclic) bond motifs is 3. The molecule has 27 heavy (non-hydrogen) atoms. The zero-order valence-electron chi connectivity index (χ0n) is 15.0. The Kier molecular flexibility index (Phi) is 3.89. The number of allylic oxidation sites excluding steroid dienone is 1. The molecule has 0 aliphatic rings. The van der Waals surface area contributed by atoms with Crippen molar-refractivity contribution in [2.75, 3.05) is 12.4 Å². The molecule has 0 saturated carbocycles. The van der Waals surface area contributed by atoms with Crippen LogP contribution < -0.4 is 5.32 Å². The monoisotopic (exact) mass is 360 g/mol. The number of imidazole rings is 1. The standard InChI is InChI=1S/C20H17FN6/c1-4-5-27-16(13-6-12(10-22)7-14(21)8-13)9-15-18-17(24-11-26(18)3)19(23-2)25-20(15)27/h4,6-9,11H,1,5H2,2-3H3,(H,23,25). The van der Waals surface area contributed by atoms with Gasteiger partial charge in [0.15, 0.2) is 5.82 Å². The van der Waals surface area contributed by atoms with Crippen molar-refractivity contribution in [3.8, 4) is 17.3 Å². The van der Waals surface area contributed by atoms with E-state index >= 15 is 0 Å². The van der Waals surface area contributed by atoms with Crippen molar-refractivity contribution in [1.29, 1.82) is 5.26 Å². The van der Waals surface area contributed by atoms with Crippen LogP contribution in [0.4, 0.5) is 10.2 Å². The van der Waals surface area contributed by atoms with Crippen LogP contribution in [0.1, 0.15) is 5.56 Å². The first-order valence-corrected chi connectivity index (χ1v) is 8.41. The van der Waals surface area contributed by atoms with E-state index in [1.807, 2.05) is 28.3 Å². The number of aryl methyl sites for hydroxylation is 1. The SMILES string of the molecule is C=CCn1c(-c2cc(F)cc(C#N)c2)cc2c3c(ncn3C)c(NC)nc21. The number of pyridine rings is 1. The minimum Gasteiger partial charge on any atom is -0.371 e. The van der Waals surface area contributed by atoms with Gasteiger partial charge in [0, 0.05) is 31.6 Å². The normalized spacial score (nSPS) is 11.0. The Morgan fingerprint density at radius 2 is 2.15 bits per heavy atom. The smallest absolute Gasteiger partial charge is 0.156 e. The Labute approximate surface area is 155 Å². The number of nitrogens with zero attached hydrogens (tertiary/aromatic N) is 5. The van der Waals surface area contributed by atoms with E-state index in [2.05, 4.69) is 16.9 Å². The third kappa shape index (κ3) is 2.54. The van der Waals surface area contributed by atoms with Crippen molar-refractivity contribution in [1.82, 2.24) is 19.1 Å². The molecule has 0 aliphatic heterocycles. The van der Waals surface area contributed by atoms with Gasteiger partial charge in [-0.05, 0) is 24.3 Å². The van der Waals surface area contributed by atoms with Crippen LogP contribution in [0.5, 0.6) is 0 Å². The molecule has 0 aliphatic carbocycles. The Morgan fingerprint density at radius 3 is 2.85 bits per heavy atom. The van der Waals surface area contributed by atoms with Crippen LogP contribution in [0.15, 0.2) is 43.2 Å². The molecule has 0 amide bonds. The quantitative estimate of drug-likeness (QED) is 0.562. The summed E-state index contributed by atoms with van der Waals surface area (Å²) in [5.41, 5.74) is 4.11. The van der Waals surface area contributed by atoms with Gasteiger partial charge in [-0.25, -0.2) is 14.4 Å². The van der Waals surface area contributed by atoms with Gasteiger partial charge in [-0.15, -0.1) is 6.58 Å². The average molecular weight is 360 g/mol. The van der Waals surface area contributed by atoms with Crippen LogP contribution in [-0.4, -0.2) is 26.1 Å². The summed E-state index contributed by atoms with van der Waals surface area (Å²) in [4.78, 5) is 9.18. The zero-order chi connectivity index (χ0) is 19.1. The first-order chi connectivity index (χ1) is 13.1. The van der Waals surface area contributed by atoms with Crippen molar-refractivity contribution in [3.05, 3.63) is 54.6 Å². The second-order valence-corrected chi connectivity index (χ2v) is 6.27. The Bertz CT molecular complexity index is 1240. The third-order valence-corrected chi connectivity index (χ3v) is 4.57. The van der Waals surface area contributed by atoms with Crippen molar-refractivity contribution >= 4 is 27.9 Å². The molecule has 0 atom stereocenters. The maximum Gasteiger partial charge on any atom is 0.156 e. The average Bonchev–Trinajstić information content (AvgIpc) is 3.22. The van der Waals surface area contributed by atoms with E-state index in [-0.39, 0.29) is 5.56 Å². The lowest BCUT2D eigenvalue weighted by atomic mass is 10.1. The Balaban J connectivity index is 2.13. The maximum absolute atomic E-state index is 14.0. The second-order valence-electron chi connectivity index (χ2n) is 6.27. The summed E-state index contributed by atoms with van der Waals surface area (Å²) in [6.45, 7) is 4.33. The third-order valence-electron chi connectivity index (χ3n) is 4.57. The Morgan fingerprint density at radius 1 is 1.33 bits per heavy atom. The van der Waals surface area contributed by atoms with Gasteiger partial charge in [-0.3, -0.25) is 0 Å². The molecular formula is C20H17FN6. The molecule has 0 unspecified atom stereocenters. The van der Waals surface area contributed by atoms with E-state index in [0.29, 0.717) is 17.9 Å². The molecule has 6 nitrogen and oxygen atoms in total. The van der Waals surface area contributed by atoms with Crippen LogP contribution in [0, 0.1) is 17.1 Å². The zero-order valence-corrected chi connectivity index (χ0v) is 15.0. The molecule has 0 bridgehead atoms. The fourth-order valence-corrected chi connectivity index (χ4v) is 3.44. The number of anilines is 1. The van der Waals surface area contributed by atoms with Crippen LogP contribution in [-0.2, 0) is 13.6 Å². The summed E-state index contributed by atoms with van der Waals surface area (Å²) < 4.78 is 17.9. The first-order valence-electron chi connectivity index (χ1n) is 8.41. The van der Waals surface area contributed by atoms with E-state index in [0.717, 1.165) is 27.8 Å². The van der Waals surface area contributed by atoms with Crippen molar-refractivity contribution in [3.63, 3.8) is 0 Å². The number of rotatable bonds is 4. The largest absolute Gasteiger partial charge is 0.371 e. The van der Waals surface area contributed by atoms with E-state index in [4.69, 9.17) is 4.98 Å². The number of nitrogens with one attached hydrogen (secondary N) is 1. The predicted octanol–water partition coefficient (Wildman–Crippen LogP) is 3.83. The number of hydrogen-bond acceptors (Lipinski definition) is 4. The predicted molar refractivity (Wildman–Crippen MR) is 104 cm³/mol. The van der Waals surface area contributed by atoms with Gasteiger partial charge in [-0.1, -0.05) is 6.08 Å². The summed E-state index contributed by atoms with van der Waals surface area (Å²) in [6, 6.07) is 8.29. The molecule has 0 fully saturated rings. The van der Waals surface area contributed by atoms with E-state index in [1.54, 1.807) is 25.5 Å². The summed E-state index contributed by atoms with van der Waals surface area (Å²) >= 11 is 0.